The number of aryl methyl sites for hydroxylation is 1. The first-order valence-corrected chi connectivity index (χ1v) is 12.4. The van der Waals surface area contributed by atoms with Gasteiger partial charge in [0.25, 0.3) is 0 Å². The average Bonchev–Trinajstić information content (AvgIpc) is 3.28. The lowest BCUT2D eigenvalue weighted by molar-refractivity contribution is -0.137. The van der Waals surface area contributed by atoms with Crippen molar-refractivity contribution in [2.75, 3.05) is 18.4 Å². The molecule has 1 amide bonds. The molecule has 1 saturated heterocycles. The van der Waals surface area contributed by atoms with Crippen molar-refractivity contribution in [1.29, 1.82) is 0 Å². The number of carbonyl (C=O) groups is 1. The molecule has 2 aromatic rings. The van der Waals surface area contributed by atoms with Crippen LogP contribution in [0.5, 0.6) is 0 Å². The van der Waals surface area contributed by atoms with Crippen molar-refractivity contribution >= 4 is 12.0 Å². The predicted octanol–water partition coefficient (Wildman–Crippen LogP) is 5.42. The normalized spacial score (nSPS) is 26.0. The van der Waals surface area contributed by atoms with E-state index in [2.05, 4.69) is 15.4 Å². The third-order valence-electron chi connectivity index (χ3n) is 7.36. The second-order valence-electron chi connectivity index (χ2n) is 11.1. The molecule has 0 radical (unpaired) electrons. The van der Waals surface area contributed by atoms with Gasteiger partial charge in [0.2, 0.25) is 5.95 Å². The molecule has 1 N–H and O–H groups in total. The van der Waals surface area contributed by atoms with Crippen molar-refractivity contribution in [1.82, 2.24) is 19.7 Å². The summed E-state index contributed by atoms with van der Waals surface area (Å²) in [6.07, 6.45) is -1.62. The van der Waals surface area contributed by atoms with E-state index in [1.165, 1.54) is 6.07 Å². The standard InChI is InChI=1S/C25H31F4N5O2/c1-24(2,3)36-23(35)33-12-14-6-7-15(13-33)20(14)30-22-31-21-18(5-4-10-34(21)32-22)17-9-8-16(11-19(17)26)25(27,28)29/h8-9,11,14-15,18,20H,4-7,10,12-13H2,1-3H3,(H,30,32)/t14-,15+,18?,20-. The van der Waals surface area contributed by atoms with Crippen molar-refractivity contribution in [3.63, 3.8) is 0 Å². The van der Waals surface area contributed by atoms with Crippen LogP contribution in [0.2, 0.25) is 0 Å². The lowest BCUT2D eigenvalue weighted by Gasteiger charge is -2.38. The predicted molar refractivity (Wildman–Crippen MR) is 124 cm³/mol. The van der Waals surface area contributed by atoms with Crippen LogP contribution in [0.15, 0.2) is 18.2 Å². The fourth-order valence-corrected chi connectivity index (χ4v) is 5.78. The maximum Gasteiger partial charge on any atom is 0.416 e. The number of likely N-dealkylation sites (tertiary alicyclic amines) is 1. The Balaban J connectivity index is 1.31. The number of hydrogen-bond acceptors (Lipinski definition) is 5. The van der Waals surface area contributed by atoms with E-state index in [0.29, 0.717) is 43.9 Å². The number of carbonyl (C=O) groups excluding carboxylic acids is 1. The van der Waals surface area contributed by atoms with Crippen LogP contribution >= 0.6 is 0 Å². The molecule has 2 bridgehead atoms. The largest absolute Gasteiger partial charge is 0.444 e. The number of alkyl halides is 3. The molecule has 7 nitrogen and oxygen atoms in total. The minimum Gasteiger partial charge on any atom is -0.444 e. The quantitative estimate of drug-likeness (QED) is 0.560. The molecule has 1 aliphatic carbocycles. The van der Waals surface area contributed by atoms with Gasteiger partial charge in [-0.2, -0.15) is 18.2 Å². The van der Waals surface area contributed by atoms with Crippen LogP contribution in [0.4, 0.5) is 28.3 Å². The topological polar surface area (TPSA) is 72.3 Å². The number of benzene rings is 1. The number of hydrogen-bond donors (Lipinski definition) is 1. The summed E-state index contributed by atoms with van der Waals surface area (Å²) in [4.78, 5) is 19.0. The van der Waals surface area contributed by atoms with E-state index >= 15 is 0 Å². The number of piperidine rings is 1. The number of fused-ring (bicyclic) bond motifs is 3. The third-order valence-corrected chi connectivity index (χ3v) is 7.36. The maximum absolute atomic E-state index is 14.7. The van der Waals surface area contributed by atoms with Crippen molar-refractivity contribution in [2.24, 2.45) is 11.8 Å². The Morgan fingerprint density at radius 2 is 1.81 bits per heavy atom. The number of nitrogens with zero attached hydrogens (tertiary/aromatic N) is 4. The summed E-state index contributed by atoms with van der Waals surface area (Å²) >= 11 is 0. The van der Waals surface area contributed by atoms with Gasteiger partial charge in [0.05, 0.1) is 5.56 Å². The van der Waals surface area contributed by atoms with Gasteiger partial charge in [0, 0.05) is 31.6 Å². The number of aromatic nitrogens is 3. The molecular formula is C25H31F4N5O2. The minimum atomic E-state index is -4.60. The Labute approximate surface area is 207 Å². The van der Waals surface area contributed by atoms with Crippen molar-refractivity contribution < 1.29 is 27.1 Å². The molecule has 1 saturated carbocycles. The van der Waals surface area contributed by atoms with Crippen LogP contribution in [0.3, 0.4) is 0 Å². The SMILES string of the molecule is CC(C)(C)OC(=O)N1C[C@H]2CC[C@@H](C1)[C@@H]2Nc1nc2n(n1)CCCC2c1ccc(C(F)(F)F)cc1F. The highest BCUT2D eigenvalue weighted by Crippen LogP contribution is 2.40. The second kappa shape index (κ2) is 8.92. The van der Waals surface area contributed by atoms with Crippen LogP contribution in [-0.4, -0.2) is 50.5 Å². The van der Waals surface area contributed by atoms with Gasteiger partial charge in [0.15, 0.2) is 0 Å². The Hall–Kier alpha value is -2.85. The summed E-state index contributed by atoms with van der Waals surface area (Å²) in [6, 6.07) is 2.80. The fourth-order valence-electron chi connectivity index (χ4n) is 5.78. The van der Waals surface area contributed by atoms with E-state index in [-0.39, 0.29) is 29.5 Å². The first-order valence-electron chi connectivity index (χ1n) is 12.4. The van der Waals surface area contributed by atoms with Gasteiger partial charge in [-0.25, -0.2) is 13.9 Å². The molecular weight excluding hydrogens is 478 g/mol. The fraction of sp³-hybridized carbons (Fsp3) is 0.640. The molecule has 1 aromatic heterocycles. The number of ether oxygens (including phenoxy) is 1. The lowest BCUT2D eigenvalue weighted by atomic mass is 9.90. The van der Waals surface area contributed by atoms with Crippen LogP contribution in [-0.2, 0) is 17.5 Å². The summed E-state index contributed by atoms with van der Waals surface area (Å²) < 4.78 is 61.0. The van der Waals surface area contributed by atoms with Crippen LogP contribution in [0.1, 0.15) is 69.3 Å². The Morgan fingerprint density at radius 3 is 2.42 bits per heavy atom. The van der Waals surface area contributed by atoms with Gasteiger partial charge in [-0.05, 0) is 76.0 Å². The number of nitrogens with one attached hydrogen (secondary N) is 1. The second-order valence-corrected chi connectivity index (χ2v) is 11.1. The molecule has 5 rings (SSSR count). The van der Waals surface area contributed by atoms with E-state index in [9.17, 15) is 22.4 Å². The monoisotopic (exact) mass is 509 g/mol. The molecule has 4 atom stereocenters. The van der Waals surface area contributed by atoms with Gasteiger partial charge in [-0.3, -0.25) is 0 Å². The zero-order chi connectivity index (χ0) is 25.8. The number of rotatable bonds is 3. The van der Waals surface area contributed by atoms with E-state index in [4.69, 9.17) is 4.74 Å². The first kappa shape index (κ1) is 24.8. The highest BCUT2D eigenvalue weighted by atomic mass is 19.4. The van der Waals surface area contributed by atoms with Gasteiger partial charge >= 0.3 is 12.3 Å². The van der Waals surface area contributed by atoms with E-state index in [0.717, 1.165) is 25.3 Å². The smallest absolute Gasteiger partial charge is 0.416 e. The summed E-state index contributed by atoms with van der Waals surface area (Å²) in [5.41, 5.74) is -1.35. The van der Waals surface area contributed by atoms with Gasteiger partial charge < -0.3 is 15.0 Å². The average molecular weight is 510 g/mol. The summed E-state index contributed by atoms with van der Waals surface area (Å²) in [7, 11) is 0. The zero-order valence-corrected chi connectivity index (χ0v) is 20.6. The first-order chi connectivity index (χ1) is 16.9. The maximum atomic E-state index is 14.7. The highest BCUT2D eigenvalue weighted by Gasteiger charge is 2.45. The Kier molecular flexibility index (Phi) is 6.15. The summed E-state index contributed by atoms with van der Waals surface area (Å²) in [5.74, 6) is 0.126. The number of amides is 1. The Morgan fingerprint density at radius 1 is 1.11 bits per heavy atom. The number of halogens is 4. The Bertz CT molecular complexity index is 1130. The molecule has 0 spiro atoms. The summed E-state index contributed by atoms with van der Waals surface area (Å²) in [5, 5.41) is 8.05. The van der Waals surface area contributed by atoms with Crippen LogP contribution < -0.4 is 5.32 Å². The molecule has 196 valence electrons. The molecule has 1 unspecified atom stereocenters. The third kappa shape index (κ3) is 4.88. The molecule has 3 aliphatic rings. The van der Waals surface area contributed by atoms with E-state index in [1.54, 1.807) is 9.58 Å². The van der Waals surface area contributed by atoms with Gasteiger partial charge in [-0.1, -0.05) is 6.07 Å². The molecule has 2 fully saturated rings. The van der Waals surface area contributed by atoms with Crippen LogP contribution in [0, 0.1) is 17.7 Å². The van der Waals surface area contributed by atoms with Gasteiger partial charge in [-0.15, -0.1) is 5.10 Å². The zero-order valence-electron chi connectivity index (χ0n) is 20.6. The molecule has 2 aliphatic heterocycles. The van der Waals surface area contributed by atoms with Crippen molar-refractivity contribution in [2.45, 2.75) is 76.7 Å². The lowest BCUT2D eigenvalue weighted by Crippen LogP contribution is -2.51. The van der Waals surface area contributed by atoms with Crippen molar-refractivity contribution in [3.05, 3.63) is 41.0 Å². The highest BCUT2D eigenvalue weighted by molar-refractivity contribution is 5.68. The van der Waals surface area contributed by atoms with Crippen molar-refractivity contribution in [3.8, 4) is 0 Å². The van der Waals surface area contributed by atoms with E-state index < -0.39 is 29.1 Å². The summed E-state index contributed by atoms with van der Waals surface area (Å²) in [6.45, 7) is 7.36. The van der Waals surface area contributed by atoms with E-state index in [1.807, 2.05) is 20.8 Å². The number of anilines is 1. The molecule has 11 heteroatoms. The molecule has 36 heavy (non-hydrogen) atoms. The minimum absolute atomic E-state index is 0.106. The molecule has 1 aromatic carbocycles. The van der Waals surface area contributed by atoms with Crippen LogP contribution in [0.25, 0.3) is 0 Å². The molecule has 3 heterocycles. The van der Waals surface area contributed by atoms with Gasteiger partial charge in [0.1, 0.15) is 17.2 Å².